The van der Waals surface area contributed by atoms with Crippen molar-refractivity contribution in [1.82, 2.24) is 20.3 Å². The van der Waals surface area contributed by atoms with Crippen LogP contribution in [0.1, 0.15) is 39.8 Å². The van der Waals surface area contributed by atoms with E-state index in [1.807, 2.05) is 49.5 Å². The highest BCUT2D eigenvalue weighted by atomic mass is 16.5. The Balaban J connectivity index is 1.46. The zero-order valence-corrected chi connectivity index (χ0v) is 17.0. The van der Waals surface area contributed by atoms with Crippen LogP contribution < -0.4 is 5.32 Å². The molecule has 4 heterocycles. The van der Waals surface area contributed by atoms with E-state index in [4.69, 9.17) is 4.74 Å². The van der Waals surface area contributed by atoms with E-state index in [1.165, 1.54) is 0 Å². The molecule has 0 bridgehead atoms. The number of aryl methyl sites for hydroxylation is 1. The fourth-order valence-electron chi connectivity index (χ4n) is 3.54. The first-order valence-electron chi connectivity index (χ1n) is 9.79. The second-order valence-corrected chi connectivity index (χ2v) is 7.19. The average molecular weight is 401 g/mol. The van der Waals surface area contributed by atoms with Gasteiger partial charge in [0.05, 0.1) is 42.7 Å². The summed E-state index contributed by atoms with van der Waals surface area (Å²) in [5.41, 5.74) is 6.47. The van der Waals surface area contributed by atoms with Gasteiger partial charge < -0.3 is 10.1 Å². The van der Waals surface area contributed by atoms with Gasteiger partial charge in [0, 0.05) is 42.5 Å². The van der Waals surface area contributed by atoms with Crippen LogP contribution in [0.4, 0.5) is 0 Å². The molecule has 4 rings (SSSR count). The Kier molecular flexibility index (Phi) is 5.90. The largest absolute Gasteiger partial charge is 0.382 e. The highest BCUT2D eigenvalue weighted by Gasteiger charge is 2.20. The molecule has 0 aliphatic carbocycles. The van der Waals surface area contributed by atoms with Crippen LogP contribution in [0.25, 0.3) is 0 Å². The lowest BCUT2D eigenvalue weighted by Crippen LogP contribution is -2.33. The molecule has 3 aromatic rings. The molecule has 1 amide bonds. The smallest absolute Gasteiger partial charge is 0.226 e. The zero-order valence-electron chi connectivity index (χ0n) is 17.0. The van der Waals surface area contributed by atoms with Gasteiger partial charge in [-0.05, 0) is 42.8 Å². The van der Waals surface area contributed by atoms with E-state index in [0.717, 1.165) is 33.8 Å². The summed E-state index contributed by atoms with van der Waals surface area (Å²) < 4.78 is 5.24. The molecule has 0 spiro atoms. The molecule has 30 heavy (non-hydrogen) atoms. The minimum absolute atomic E-state index is 0.126. The maximum Gasteiger partial charge on any atom is 0.226 e. The van der Waals surface area contributed by atoms with E-state index in [2.05, 4.69) is 25.3 Å². The molecular formula is C23H23N5O2. The number of hydrogen-bond acceptors (Lipinski definition) is 6. The van der Waals surface area contributed by atoms with Crippen LogP contribution in [-0.4, -0.2) is 40.3 Å². The lowest BCUT2D eigenvalue weighted by molar-refractivity contribution is -0.121. The van der Waals surface area contributed by atoms with Crippen LogP contribution in [0.3, 0.4) is 0 Å². The summed E-state index contributed by atoms with van der Waals surface area (Å²) in [6.45, 7) is 2.90. The normalized spacial score (nSPS) is 13.5. The van der Waals surface area contributed by atoms with E-state index in [9.17, 15) is 4.79 Å². The van der Waals surface area contributed by atoms with Crippen LogP contribution in [0.5, 0.6) is 0 Å². The van der Waals surface area contributed by atoms with Crippen LogP contribution >= 0.6 is 0 Å². The number of carbonyl (C=O) groups is 1. The SMILES string of the molecule is COC[C@H](NC(=O)Cc1cc2c(cn1)C(c1ccnc(C)c1)=NC2)c1ccccn1. The summed E-state index contributed by atoms with van der Waals surface area (Å²) in [7, 11) is 1.60. The first kappa shape index (κ1) is 19.8. The minimum Gasteiger partial charge on any atom is -0.382 e. The Hall–Kier alpha value is -3.45. The average Bonchev–Trinajstić information content (AvgIpc) is 3.17. The summed E-state index contributed by atoms with van der Waals surface area (Å²) in [6.07, 6.45) is 5.48. The number of aliphatic imine (C=N–C) groups is 1. The topological polar surface area (TPSA) is 89.4 Å². The van der Waals surface area contributed by atoms with Gasteiger partial charge in [0.15, 0.2) is 0 Å². The van der Waals surface area contributed by atoms with Crippen molar-refractivity contribution in [3.8, 4) is 0 Å². The van der Waals surface area contributed by atoms with Crippen molar-refractivity contribution >= 4 is 11.6 Å². The summed E-state index contributed by atoms with van der Waals surface area (Å²) in [4.78, 5) is 30.4. The van der Waals surface area contributed by atoms with Gasteiger partial charge in [-0.3, -0.25) is 24.7 Å². The van der Waals surface area contributed by atoms with E-state index in [0.29, 0.717) is 18.8 Å². The van der Waals surface area contributed by atoms with Crippen molar-refractivity contribution < 1.29 is 9.53 Å². The summed E-state index contributed by atoms with van der Waals surface area (Å²) >= 11 is 0. The Morgan fingerprint density at radius 2 is 2.07 bits per heavy atom. The number of aromatic nitrogens is 3. The maximum absolute atomic E-state index is 12.6. The molecule has 1 atom stereocenters. The Morgan fingerprint density at radius 3 is 2.83 bits per heavy atom. The highest BCUT2D eigenvalue weighted by molar-refractivity contribution is 6.15. The molecule has 7 heteroatoms. The molecule has 0 saturated heterocycles. The first-order valence-corrected chi connectivity index (χ1v) is 9.79. The first-order chi connectivity index (χ1) is 14.6. The van der Waals surface area contributed by atoms with Gasteiger partial charge in [-0.25, -0.2) is 0 Å². The fourth-order valence-corrected chi connectivity index (χ4v) is 3.54. The number of nitrogens with zero attached hydrogens (tertiary/aromatic N) is 4. The molecule has 0 unspecified atom stereocenters. The minimum atomic E-state index is -0.303. The number of hydrogen-bond donors (Lipinski definition) is 1. The van der Waals surface area contributed by atoms with Gasteiger partial charge in [0.1, 0.15) is 0 Å². The third-order valence-electron chi connectivity index (χ3n) is 4.93. The van der Waals surface area contributed by atoms with Gasteiger partial charge in [0.2, 0.25) is 5.91 Å². The number of carbonyl (C=O) groups excluding carboxylic acids is 1. The van der Waals surface area contributed by atoms with Gasteiger partial charge in [-0.2, -0.15) is 0 Å². The number of methoxy groups -OCH3 is 1. The van der Waals surface area contributed by atoms with Crippen molar-refractivity contribution in [2.45, 2.75) is 25.9 Å². The molecule has 0 saturated carbocycles. The van der Waals surface area contributed by atoms with E-state index >= 15 is 0 Å². The number of amides is 1. The third kappa shape index (κ3) is 4.41. The van der Waals surface area contributed by atoms with Gasteiger partial charge in [-0.1, -0.05) is 6.07 Å². The lowest BCUT2D eigenvalue weighted by Gasteiger charge is -2.17. The predicted molar refractivity (Wildman–Crippen MR) is 113 cm³/mol. The quantitative estimate of drug-likeness (QED) is 0.657. The number of pyridine rings is 3. The highest BCUT2D eigenvalue weighted by Crippen LogP contribution is 2.23. The standard InChI is InChI=1S/C23H23N5O2/c1-15-9-16(6-8-24-15)23-19-13-26-18(10-17(19)12-27-23)11-22(29)28-21(14-30-2)20-5-3-4-7-25-20/h3-10,13,21H,11-12,14H2,1-2H3,(H,28,29)/t21-/m0/s1. The molecule has 1 aliphatic heterocycles. The molecular weight excluding hydrogens is 378 g/mol. The van der Waals surface area contributed by atoms with E-state index < -0.39 is 0 Å². The fraction of sp³-hybridized carbons (Fsp3) is 0.261. The Morgan fingerprint density at radius 1 is 1.17 bits per heavy atom. The third-order valence-corrected chi connectivity index (χ3v) is 4.93. The Labute approximate surface area is 175 Å². The van der Waals surface area contributed by atoms with Crippen molar-refractivity contribution in [2.24, 2.45) is 4.99 Å². The maximum atomic E-state index is 12.6. The summed E-state index contributed by atoms with van der Waals surface area (Å²) in [5, 5.41) is 2.99. The van der Waals surface area contributed by atoms with Crippen LogP contribution in [-0.2, 0) is 22.5 Å². The molecule has 0 fully saturated rings. The molecule has 0 radical (unpaired) electrons. The second-order valence-electron chi connectivity index (χ2n) is 7.19. The van der Waals surface area contributed by atoms with Crippen molar-refractivity contribution in [2.75, 3.05) is 13.7 Å². The monoisotopic (exact) mass is 401 g/mol. The van der Waals surface area contributed by atoms with Gasteiger partial charge >= 0.3 is 0 Å². The van der Waals surface area contributed by atoms with Gasteiger partial charge in [0.25, 0.3) is 0 Å². The number of rotatable bonds is 7. The van der Waals surface area contributed by atoms with Crippen LogP contribution in [0.2, 0.25) is 0 Å². The van der Waals surface area contributed by atoms with E-state index in [-0.39, 0.29) is 18.4 Å². The van der Waals surface area contributed by atoms with Gasteiger partial charge in [-0.15, -0.1) is 0 Å². The van der Waals surface area contributed by atoms with Crippen molar-refractivity contribution in [3.63, 3.8) is 0 Å². The molecule has 0 aromatic carbocycles. The molecule has 3 aromatic heterocycles. The predicted octanol–water partition coefficient (Wildman–Crippen LogP) is 2.58. The molecule has 152 valence electrons. The van der Waals surface area contributed by atoms with Crippen molar-refractivity contribution in [3.05, 3.63) is 88.8 Å². The van der Waals surface area contributed by atoms with Crippen molar-refractivity contribution in [1.29, 1.82) is 0 Å². The molecule has 1 N–H and O–H groups in total. The van der Waals surface area contributed by atoms with Crippen LogP contribution in [0.15, 0.2) is 60.0 Å². The number of nitrogens with one attached hydrogen (secondary N) is 1. The van der Waals surface area contributed by atoms with Crippen LogP contribution in [0, 0.1) is 6.92 Å². The zero-order chi connectivity index (χ0) is 20.9. The molecule has 7 nitrogen and oxygen atoms in total. The number of ether oxygens (including phenoxy) is 1. The summed E-state index contributed by atoms with van der Waals surface area (Å²) in [6, 6.07) is 11.2. The lowest BCUT2D eigenvalue weighted by atomic mass is 10.0. The molecule has 1 aliphatic rings. The second kappa shape index (κ2) is 8.92. The Bertz CT molecular complexity index is 1080. The summed E-state index contributed by atoms with van der Waals surface area (Å²) in [5.74, 6) is -0.126. The van der Waals surface area contributed by atoms with E-state index in [1.54, 1.807) is 19.5 Å². The number of fused-ring (bicyclic) bond motifs is 1.